The number of sulfone groups is 1. The number of ether oxygens (including phenoxy) is 2. The lowest BCUT2D eigenvalue weighted by Crippen LogP contribution is -2.44. The zero-order valence-electron chi connectivity index (χ0n) is 23.5. The number of morpholine rings is 1. The molecule has 10 heteroatoms. The average Bonchev–Trinajstić information content (AvgIpc) is 3.81. The van der Waals surface area contributed by atoms with Gasteiger partial charge >= 0.3 is 6.09 Å². The second kappa shape index (κ2) is 11.2. The molecule has 1 atom stereocenters. The molecule has 0 spiro atoms. The monoisotopic (exact) mass is 584 g/mol. The molecule has 9 nitrogen and oxygen atoms in total. The van der Waals surface area contributed by atoms with Crippen molar-refractivity contribution in [2.75, 3.05) is 30.0 Å². The number of anilines is 2. The summed E-state index contributed by atoms with van der Waals surface area (Å²) in [6.07, 6.45) is 0.377. The second-order valence-corrected chi connectivity index (χ2v) is 13.0. The minimum absolute atomic E-state index is 0.0698. The van der Waals surface area contributed by atoms with E-state index in [1.165, 1.54) is 0 Å². The van der Waals surface area contributed by atoms with E-state index in [9.17, 15) is 13.2 Å². The lowest BCUT2D eigenvalue weighted by Gasteiger charge is -2.34. The summed E-state index contributed by atoms with van der Waals surface area (Å²) < 4.78 is 37.8. The van der Waals surface area contributed by atoms with Gasteiger partial charge in [-0.25, -0.2) is 23.2 Å². The van der Waals surface area contributed by atoms with Gasteiger partial charge in [-0.05, 0) is 75.2 Å². The Morgan fingerprint density at radius 3 is 2.38 bits per heavy atom. The average molecular weight is 585 g/mol. The van der Waals surface area contributed by atoms with Gasteiger partial charge in [0.25, 0.3) is 0 Å². The molecule has 3 aromatic carbocycles. The van der Waals surface area contributed by atoms with E-state index in [0.29, 0.717) is 71.8 Å². The van der Waals surface area contributed by atoms with Crippen molar-refractivity contribution >= 4 is 27.4 Å². The Morgan fingerprint density at radius 2 is 1.71 bits per heavy atom. The van der Waals surface area contributed by atoms with E-state index in [4.69, 9.17) is 19.4 Å². The Balaban J connectivity index is 1.33. The molecule has 2 fully saturated rings. The fourth-order valence-corrected chi connectivity index (χ4v) is 7.14. The maximum Gasteiger partial charge on any atom is 0.417 e. The second-order valence-electron chi connectivity index (χ2n) is 10.8. The van der Waals surface area contributed by atoms with E-state index < -0.39 is 20.7 Å². The van der Waals surface area contributed by atoms with Crippen LogP contribution >= 0.6 is 0 Å². The van der Waals surface area contributed by atoms with Gasteiger partial charge in [0, 0.05) is 23.9 Å². The van der Waals surface area contributed by atoms with Gasteiger partial charge in [-0.2, -0.15) is 0 Å². The van der Waals surface area contributed by atoms with Gasteiger partial charge in [-0.15, -0.1) is 0 Å². The minimum atomic E-state index is -3.70. The van der Waals surface area contributed by atoms with Gasteiger partial charge in [-0.1, -0.05) is 35.9 Å². The third-order valence-corrected chi connectivity index (χ3v) is 10.3. The fourth-order valence-electron chi connectivity index (χ4n) is 5.17. The molecule has 1 N–H and O–H groups in total. The molecule has 1 aliphatic carbocycles. The standard InChI is InChI=1S/C32H32N4O5S/c1-22-8-14-27(15-9-22)42(38,39)32(16-17-32)28-20-29(36-18-19-40-21-23(36)2)35-30(34-28)24-10-12-25(13-11-24)33-31(37)41-26-6-4-3-5-7-26/h3-15,20,23H,16-19,21H2,1-2H3,(H,33,37)/t23-/m0/s1. The van der Waals surface area contributed by atoms with Crippen LogP contribution in [0.2, 0.25) is 0 Å². The van der Waals surface area contributed by atoms with E-state index in [0.717, 1.165) is 5.56 Å². The minimum Gasteiger partial charge on any atom is -0.410 e. The van der Waals surface area contributed by atoms with Crippen LogP contribution in [0.4, 0.5) is 16.3 Å². The molecule has 0 unspecified atom stereocenters. The Labute approximate surface area is 245 Å². The third-order valence-electron chi connectivity index (χ3n) is 7.73. The van der Waals surface area contributed by atoms with Crippen molar-refractivity contribution in [3.8, 4) is 17.1 Å². The summed E-state index contributed by atoms with van der Waals surface area (Å²) in [5, 5.41) is 2.72. The first-order valence-corrected chi connectivity index (χ1v) is 15.4. The molecule has 1 amide bonds. The van der Waals surface area contributed by atoms with Crippen molar-refractivity contribution in [2.24, 2.45) is 0 Å². The number of amides is 1. The van der Waals surface area contributed by atoms with Crippen molar-refractivity contribution < 1.29 is 22.7 Å². The van der Waals surface area contributed by atoms with Crippen molar-refractivity contribution in [3.63, 3.8) is 0 Å². The maximum absolute atomic E-state index is 14.0. The predicted octanol–water partition coefficient (Wildman–Crippen LogP) is 5.75. The van der Waals surface area contributed by atoms with Crippen LogP contribution in [0.15, 0.2) is 89.8 Å². The van der Waals surface area contributed by atoms with Gasteiger partial charge in [0.1, 0.15) is 16.3 Å². The number of nitrogens with one attached hydrogen (secondary N) is 1. The number of nitrogens with zero attached hydrogens (tertiary/aromatic N) is 3. The Morgan fingerprint density at radius 1 is 1.00 bits per heavy atom. The van der Waals surface area contributed by atoms with Crippen LogP contribution in [-0.4, -0.2) is 50.3 Å². The van der Waals surface area contributed by atoms with Gasteiger partial charge in [0.2, 0.25) is 0 Å². The number of para-hydroxylation sites is 1. The molecule has 216 valence electrons. The molecular formula is C32H32N4O5S. The van der Waals surface area contributed by atoms with Crippen LogP contribution in [0.25, 0.3) is 11.4 Å². The normalized spacial score (nSPS) is 17.9. The Bertz CT molecular complexity index is 1690. The van der Waals surface area contributed by atoms with Crippen LogP contribution in [0.3, 0.4) is 0 Å². The van der Waals surface area contributed by atoms with E-state index in [1.54, 1.807) is 60.7 Å². The van der Waals surface area contributed by atoms with E-state index >= 15 is 0 Å². The molecule has 2 heterocycles. The zero-order chi connectivity index (χ0) is 29.3. The lowest BCUT2D eigenvalue weighted by atomic mass is 10.1. The lowest BCUT2D eigenvalue weighted by molar-refractivity contribution is 0.0985. The van der Waals surface area contributed by atoms with Gasteiger partial charge in [0.15, 0.2) is 15.7 Å². The summed E-state index contributed by atoms with van der Waals surface area (Å²) in [6.45, 7) is 5.75. The summed E-state index contributed by atoms with van der Waals surface area (Å²) in [6, 6.07) is 24.8. The molecule has 0 radical (unpaired) electrons. The van der Waals surface area contributed by atoms with E-state index in [2.05, 4.69) is 17.1 Å². The number of carbonyl (C=O) groups excluding carboxylic acids is 1. The summed E-state index contributed by atoms with van der Waals surface area (Å²) >= 11 is 0. The van der Waals surface area contributed by atoms with Gasteiger partial charge in [0.05, 0.1) is 29.8 Å². The molecule has 0 bridgehead atoms. The van der Waals surface area contributed by atoms with Gasteiger partial charge < -0.3 is 14.4 Å². The number of carbonyl (C=O) groups is 1. The van der Waals surface area contributed by atoms with Crippen LogP contribution in [0, 0.1) is 6.92 Å². The van der Waals surface area contributed by atoms with Crippen LogP contribution in [-0.2, 0) is 19.3 Å². The Kier molecular flexibility index (Phi) is 7.42. The molecule has 1 saturated heterocycles. The highest BCUT2D eigenvalue weighted by atomic mass is 32.2. The number of aryl methyl sites for hydroxylation is 1. The molecule has 2 aliphatic rings. The Hall–Kier alpha value is -4.28. The summed E-state index contributed by atoms with van der Waals surface area (Å²) in [7, 11) is -3.70. The molecule has 1 aliphatic heterocycles. The first-order chi connectivity index (χ1) is 20.2. The maximum atomic E-state index is 14.0. The number of benzene rings is 3. The summed E-state index contributed by atoms with van der Waals surface area (Å²) in [5.74, 6) is 1.53. The molecular weight excluding hydrogens is 552 g/mol. The topological polar surface area (TPSA) is 111 Å². The van der Waals surface area contributed by atoms with Gasteiger partial charge in [-0.3, -0.25) is 5.32 Å². The SMILES string of the molecule is Cc1ccc(S(=O)(=O)C2(c3cc(N4CCOC[C@@H]4C)nc(-c4ccc(NC(=O)Oc5ccccc5)cc4)n3)CC2)cc1. The first-order valence-electron chi connectivity index (χ1n) is 13.9. The summed E-state index contributed by atoms with van der Waals surface area (Å²) in [4.78, 5) is 24.5. The van der Waals surface area contributed by atoms with Crippen LogP contribution in [0.5, 0.6) is 5.75 Å². The fraction of sp³-hybridized carbons (Fsp3) is 0.281. The van der Waals surface area contributed by atoms with Crippen molar-refractivity contribution in [3.05, 3.63) is 96.2 Å². The zero-order valence-corrected chi connectivity index (χ0v) is 24.3. The summed E-state index contributed by atoms with van der Waals surface area (Å²) in [5.41, 5.74) is 2.73. The highest BCUT2D eigenvalue weighted by Gasteiger charge is 2.58. The molecule has 1 aromatic heterocycles. The van der Waals surface area contributed by atoms with E-state index in [1.807, 2.05) is 31.2 Å². The molecule has 1 saturated carbocycles. The third kappa shape index (κ3) is 5.47. The van der Waals surface area contributed by atoms with E-state index in [-0.39, 0.29) is 6.04 Å². The van der Waals surface area contributed by atoms with Crippen LogP contribution < -0.4 is 15.0 Å². The van der Waals surface area contributed by atoms with Crippen molar-refractivity contribution in [2.45, 2.75) is 42.4 Å². The van der Waals surface area contributed by atoms with Crippen molar-refractivity contribution in [1.29, 1.82) is 0 Å². The number of hydrogen-bond acceptors (Lipinski definition) is 8. The predicted molar refractivity (Wildman–Crippen MR) is 160 cm³/mol. The highest BCUT2D eigenvalue weighted by molar-refractivity contribution is 7.92. The number of hydrogen-bond donors (Lipinski definition) is 1. The quantitative estimate of drug-likeness (QED) is 0.292. The first kappa shape index (κ1) is 27.9. The number of rotatable bonds is 7. The molecule has 4 aromatic rings. The molecule has 42 heavy (non-hydrogen) atoms. The highest BCUT2D eigenvalue weighted by Crippen LogP contribution is 2.55. The largest absolute Gasteiger partial charge is 0.417 e. The number of aromatic nitrogens is 2. The smallest absolute Gasteiger partial charge is 0.410 e. The molecule has 6 rings (SSSR count). The van der Waals surface area contributed by atoms with Crippen LogP contribution in [0.1, 0.15) is 31.0 Å². The van der Waals surface area contributed by atoms with Crippen molar-refractivity contribution in [1.82, 2.24) is 9.97 Å².